The van der Waals surface area contributed by atoms with Crippen LogP contribution in [0.3, 0.4) is 0 Å². The lowest BCUT2D eigenvalue weighted by molar-refractivity contribution is 0.00987. The summed E-state index contributed by atoms with van der Waals surface area (Å²) in [5, 5.41) is 3.57. The number of methoxy groups -OCH3 is 3. The van der Waals surface area contributed by atoms with Crippen LogP contribution in [0, 0.1) is 0 Å². The highest BCUT2D eigenvalue weighted by molar-refractivity contribution is 14.0. The van der Waals surface area contributed by atoms with Crippen molar-refractivity contribution in [2.75, 3.05) is 61.2 Å². The molecule has 1 aliphatic heterocycles. The predicted molar refractivity (Wildman–Crippen MR) is 136 cm³/mol. The van der Waals surface area contributed by atoms with Crippen LogP contribution in [0.5, 0.6) is 11.5 Å². The molecule has 0 unspecified atom stereocenters. The lowest BCUT2D eigenvalue weighted by atomic mass is 9.84. The number of nitrogens with zero attached hydrogens (tertiary/aromatic N) is 2. The Balaban J connectivity index is 0.00000480. The lowest BCUT2D eigenvalue weighted by Crippen LogP contribution is -2.49. The number of guanidine groups is 1. The van der Waals surface area contributed by atoms with Gasteiger partial charge in [0.25, 0.3) is 0 Å². The number of benzene rings is 1. The van der Waals surface area contributed by atoms with Crippen molar-refractivity contribution in [3.05, 3.63) is 23.8 Å². The van der Waals surface area contributed by atoms with E-state index in [2.05, 4.69) is 41.2 Å². The zero-order valence-electron chi connectivity index (χ0n) is 19.9. The van der Waals surface area contributed by atoms with Crippen molar-refractivity contribution in [1.82, 2.24) is 10.2 Å². The lowest BCUT2D eigenvalue weighted by Gasteiger charge is -2.35. The third-order valence-corrected chi connectivity index (χ3v) is 5.65. The zero-order chi connectivity index (χ0) is 22.0. The first-order valence-corrected chi connectivity index (χ1v) is 10.7. The Morgan fingerprint density at radius 2 is 1.77 bits per heavy atom. The number of nitrogens with one attached hydrogen (secondary N) is 1. The number of piperidine rings is 1. The average Bonchev–Trinajstić information content (AvgIpc) is 2.77. The molecule has 0 aromatic heterocycles. The third kappa shape index (κ3) is 8.31. The fourth-order valence-electron chi connectivity index (χ4n) is 3.68. The predicted octanol–water partition coefficient (Wildman–Crippen LogP) is 3.69. The normalized spacial score (nSPS) is 15.4. The van der Waals surface area contributed by atoms with Gasteiger partial charge in [0.05, 0.1) is 20.3 Å². The topological polar surface area (TPSA) is 64.6 Å². The quantitative estimate of drug-likeness (QED) is 0.208. The van der Waals surface area contributed by atoms with E-state index in [1.165, 1.54) is 5.56 Å². The monoisotopic (exact) mass is 549 g/mol. The Morgan fingerprint density at radius 3 is 2.35 bits per heavy atom. The number of likely N-dealkylation sites (tertiary alicyclic amines) is 1. The molecule has 1 saturated heterocycles. The van der Waals surface area contributed by atoms with Gasteiger partial charge in [0, 0.05) is 52.4 Å². The molecule has 1 aromatic rings. The van der Waals surface area contributed by atoms with E-state index in [1.54, 1.807) is 21.3 Å². The summed E-state index contributed by atoms with van der Waals surface area (Å²) in [4.78, 5) is 6.83. The van der Waals surface area contributed by atoms with Gasteiger partial charge < -0.3 is 29.2 Å². The SMILES string of the molecule is CN=C(NCC(C)(C)c1ccc(OC)c(OC)c1)N1CCC(OCCCOC)CC1.I. The Labute approximate surface area is 204 Å². The maximum absolute atomic E-state index is 5.97. The van der Waals surface area contributed by atoms with E-state index in [0.29, 0.717) is 6.10 Å². The highest BCUT2D eigenvalue weighted by atomic mass is 127. The molecular formula is C23H40IN3O4. The third-order valence-electron chi connectivity index (χ3n) is 5.65. The molecule has 0 radical (unpaired) electrons. The molecule has 0 aliphatic carbocycles. The van der Waals surface area contributed by atoms with Gasteiger partial charge >= 0.3 is 0 Å². The van der Waals surface area contributed by atoms with E-state index in [0.717, 1.165) is 69.6 Å². The van der Waals surface area contributed by atoms with Gasteiger partial charge in [-0.25, -0.2) is 0 Å². The van der Waals surface area contributed by atoms with Crippen LogP contribution in [0.2, 0.25) is 0 Å². The van der Waals surface area contributed by atoms with Crippen LogP contribution >= 0.6 is 24.0 Å². The van der Waals surface area contributed by atoms with Crippen molar-refractivity contribution in [3.63, 3.8) is 0 Å². The highest BCUT2D eigenvalue weighted by Gasteiger charge is 2.26. The summed E-state index contributed by atoms with van der Waals surface area (Å²) >= 11 is 0. The maximum Gasteiger partial charge on any atom is 0.193 e. The molecule has 1 aliphatic rings. The van der Waals surface area contributed by atoms with Gasteiger partial charge in [-0.1, -0.05) is 19.9 Å². The number of rotatable bonds is 10. The summed E-state index contributed by atoms with van der Waals surface area (Å²) in [5.41, 5.74) is 1.09. The molecule has 0 atom stereocenters. The first-order valence-electron chi connectivity index (χ1n) is 10.7. The van der Waals surface area contributed by atoms with Gasteiger partial charge in [-0.2, -0.15) is 0 Å². The number of aliphatic imine (C=N–C) groups is 1. The Hall–Kier alpha value is -1.26. The van der Waals surface area contributed by atoms with Crippen LogP contribution < -0.4 is 14.8 Å². The van der Waals surface area contributed by atoms with E-state index >= 15 is 0 Å². The van der Waals surface area contributed by atoms with E-state index in [4.69, 9.17) is 18.9 Å². The number of hydrogen-bond donors (Lipinski definition) is 1. The van der Waals surface area contributed by atoms with Gasteiger partial charge in [-0.15, -0.1) is 24.0 Å². The molecule has 1 aromatic carbocycles. The molecule has 1 N–H and O–H groups in total. The molecular weight excluding hydrogens is 509 g/mol. The molecule has 0 amide bonds. The average molecular weight is 549 g/mol. The van der Waals surface area contributed by atoms with Gasteiger partial charge in [0.1, 0.15) is 0 Å². The Morgan fingerprint density at radius 1 is 1.10 bits per heavy atom. The van der Waals surface area contributed by atoms with Crippen molar-refractivity contribution in [1.29, 1.82) is 0 Å². The molecule has 1 fully saturated rings. The van der Waals surface area contributed by atoms with Gasteiger partial charge in [0.15, 0.2) is 17.5 Å². The molecule has 0 bridgehead atoms. The van der Waals surface area contributed by atoms with Crippen molar-refractivity contribution in [3.8, 4) is 11.5 Å². The van der Waals surface area contributed by atoms with Crippen LogP contribution in [0.25, 0.3) is 0 Å². The van der Waals surface area contributed by atoms with Gasteiger partial charge in [0.2, 0.25) is 0 Å². The van der Waals surface area contributed by atoms with Gasteiger partial charge in [-0.05, 0) is 37.0 Å². The van der Waals surface area contributed by atoms with E-state index in [9.17, 15) is 0 Å². The van der Waals surface area contributed by atoms with E-state index < -0.39 is 0 Å². The van der Waals surface area contributed by atoms with Crippen LogP contribution in [-0.2, 0) is 14.9 Å². The molecule has 2 rings (SSSR count). The molecule has 0 saturated carbocycles. The largest absolute Gasteiger partial charge is 0.493 e. The minimum absolute atomic E-state index is 0. The number of halogens is 1. The van der Waals surface area contributed by atoms with E-state index in [1.807, 2.05) is 13.1 Å². The van der Waals surface area contributed by atoms with Crippen LogP contribution in [0.4, 0.5) is 0 Å². The Kier molecular flexibility index (Phi) is 12.5. The summed E-state index contributed by atoms with van der Waals surface area (Å²) < 4.78 is 21.9. The second kappa shape index (κ2) is 14.0. The minimum atomic E-state index is -0.0989. The summed E-state index contributed by atoms with van der Waals surface area (Å²) in [7, 11) is 6.89. The highest BCUT2D eigenvalue weighted by Crippen LogP contribution is 2.33. The fourth-order valence-corrected chi connectivity index (χ4v) is 3.68. The van der Waals surface area contributed by atoms with Crippen LogP contribution in [0.15, 0.2) is 23.2 Å². The molecule has 1 heterocycles. The fraction of sp³-hybridized carbons (Fsp3) is 0.696. The van der Waals surface area contributed by atoms with Crippen molar-refractivity contribution < 1.29 is 18.9 Å². The van der Waals surface area contributed by atoms with Crippen LogP contribution in [-0.4, -0.2) is 78.2 Å². The summed E-state index contributed by atoms with van der Waals surface area (Å²) in [6.45, 7) is 8.62. The number of hydrogen-bond acceptors (Lipinski definition) is 5. The standard InChI is InChI=1S/C23H39N3O4.HI/c1-23(2,18-8-9-20(28-5)21(16-18)29-6)17-25-22(24-3)26-12-10-19(11-13-26)30-15-7-14-27-4;/h8-9,16,19H,7,10-15,17H2,1-6H3,(H,24,25);1H. The summed E-state index contributed by atoms with van der Waals surface area (Å²) in [6.07, 6.45) is 3.32. The van der Waals surface area contributed by atoms with Crippen molar-refractivity contribution >= 4 is 29.9 Å². The maximum atomic E-state index is 5.97. The van der Waals surface area contributed by atoms with E-state index in [-0.39, 0.29) is 29.4 Å². The molecule has 0 spiro atoms. The molecule has 178 valence electrons. The summed E-state index contributed by atoms with van der Waals surface area (Å²) in [5.74, 6) is 2.44. The second-order valence-electron chi connectivity index (χ2n) is 8.26. The Bertz CT molecular complexity index is 677. The van der Waals surface area contributed by atoms with Crippen LogP contribution in [0.1, 0.15) is 38.7 Å². The molecule has 8 heteroatoms. The zero-order valence-corrected chi connectivity index (χ0v) is 22.2. The smallest absolute Gasteiger partial charge is 0.193 e. The molecule has 31 heavy (non-hydrogen) atoms. The summed E-state index contributed by atoms with van der Waals surface area (Å²) in [6, 6.07) is 6.11. The minimum Gasteiger partial charge on any atom is -0.493 e. The second-order valence-corrected chi connectivity index (χ2v) is 8.26. The van der Waals surface area contributed by atoms with Crippen molar-refractivity contribution in [2.45, 2.75) is 44.6 Å². The first-order chi connectivity index (χ1) is 14.4. The van der Waals surface area contributed by atoms with Crippen molar-refractivity contribution in [2.24, 2.45) is 4.99 Å². The first kappa shape index (κ1) is 27.8. The number of ether oxygens (including phenoxy) is 4. The van der Waals surface area contributed by atoms with Gasteiger partial charge in [-0.3, -0.25) is 4.99 Å². The molecule has 7 nitrogen and oxygen atoms in total.